The van der Waals surface area contributed by atoms with E-state index in [4.69, 9.17) is 14.7 Å². The Morgan fingerprint density at radius 3 is 2.79 bits per heavy atom. The smallest absolute Gasteiger partial charge is 0.226 e. The molecule has 0 aliphatic carbocycles. The molecule has 6 rings (SSSR count). The summed E-state index contributed by atoms with van der Waals surface area (Å²) >= 11 is 1.73. The van der Waals surface area contributed by atoms with Crippen LogP contribution in [0.2, 0.25) is 0 Å². The number of thiophene rings is 1. The Balaban J connectivity index is 1.41. The molecule has 2 fully saturated rings. The summed E-state index contributed by atoms with van der Waals surface area (Å²) in [7, 11) is 0. The highest BCUT2D eigenvalue weighted by Crippen LogP contribution is 2.38. The van der Waals surface area contributed by atoms with Crippen LogP contribution >= 0.6 is 11.3 Å². The fraction of sp³-hybridized carbons (Fsp3) is 0.480. The first kappa shape index (κ1) is 21.9. The molecule has 178 valence electrons. The molecule has 34 heavy (non-hydrogen) atoms. The van der Waals surface area contributed by atoms with Gasteiger partial charge in [-0.05, 0) is 56.3 Å². The van der Waals surface area contributed by atoms with Gasteiger partial charge in [0.05, 0.1) is 35.2 Å². The number of nitrogens with one attached hydrogen (secondary N) is 1. The monoisotopic (exact) mass is 478 g/mol. The van der Waals surface area contributed by atoms with Crippen LogP contribution in [0.25, 0.3) is 32.5 Å². The SMILES string of the molecule is CC(O)C1CCN(Cc2csc3c(-c4ccnc5[nH]ccc45)nc(N4CCOCC4)nc23)CC1. The van der Waals surface area contributed by atoms with Gasteiger partial charge in [-0.2, -0.15) is 0 Å². The third kappa shape index (κ3) is 4.07. The first-order valence-corrected chi connectivity index (χ1v) is 13.0. The van der Waals surface area contributed by atoms with E-state index < -0.39 is 0 Å². The summed E-state index contributed by atoms with van der Waals surface area (Å²) in [6.07, 6.45) is 5.64. The molecule has 2 aliphatic rings. The van der Waals surface area contributed by atoms with Crippen molar-refractivity contribution < 1.29 is 9.84 Å². The van der Waals surface area contributed by atoms with Crippen LogP contribution in [-0.4, -0.2) is 75.4 Å². The lowest BCUT2D eigenvalue weighted by Gasteiger charge is -2.33. The van der Waals surface area contributed by atoms with Gasteiger partial charge >= 0.3 is 0 Å². The number of likely N-dealkylation sites (tertiary alicyclic amines) is 1. The van der Waals surface area contributed by atoms with Gasteiger partial charge in [0, 0.05) is 48.5 Å². The second-order valence-corrected chi connectivity index (χ2v) is 10.2. The number of aliphatic hydroxyl groups is 1. The van der Waals surface area contributed by atoms with Gasteiger partial charge < -0.3 is 19.7 Å². The van der Waals surface area contributed by atoms with Gasteiger partial charge in [-0.15, -0.1) is 11.3 Å². The lowest BCUT2D eigenvalue weighted by Crippen LogP contribution is -2.37. The van der Waals surface area contributed by atoms with Crippen molar-refractivity contribution in [2.24, 2.45) is 5.92 Å². The van der Waals surface area contributed by atoms with Gasteiger partial charge in [0.2, 0.25) is 5.95 Å². The molecule has 1 atom stereocenters. The Bertz CT molecular complexity index is 1290. The van der Waals surface area contributed by atoms with Gasteiger partial charge in [0.1, 0.15) is 5.65 Å². The van der Waals surface area contributed by atoms with E-state index in [2.05, 4.69) is 37.3 Å². The molecule has 6 heterocycles. The van der Waals surface area contributed by atoms with Crippen LogP contribution in [0, 0.1) is 5.92 Å². The second kappa shape index (κ2) is 9.22. The molecule has 9 heteroatoms. The average molecular weight is 479 g/mol. The highest BCUT2D eigenvalue weighted by atomic mass is 32.1. The Hall–Kier alpha value is -2.59. The number of hydrogen-bond acceptors (Lipinski definition) is 8. The molecule has 0 spiro atoms. The standard InChI is InChI=1S/C25H30N6O2S/c1-16(32)17-4-8-30(9-5-17)14-18-15-34-23-21(18)28-25(31-10-12-33-13-11-31)29-22(23)19-2-6-26-24-20(19)3-7-27-24/h2-3,6-7,15-17,32H,4-5,8-14H2,1H3,(H,26,27). The molecule has 4 aromatic rings. The number of pyridine rings is 1. The molecule has 0 bridgehead atoms. The minimum Gasteiger partial charge on any atom is -0.393 e. The van der Waals surface area contributed by atoms with Crippen LogP contribution in [0.1, 0.15) is 25.3 Å². The van der Waals surface area contributed by atoms with Crippen LogP contribution < -0.4 is 4.90 Å². The van der Waals surface area contributed by atoms with Crippen molar-refractivity contribution in [2.45, 2.75) is 32.4 Å². The largest absolute Gasteiger partial charge is 0.393 e. The molecule has 8 nitrogen and oxygen atoms in total. The van der Waals surface area contributed by atoms with Crippen molar-refractivity contribution in [3.63, 3.8) is 0 Å². The van der Waals surface area contributed by atoms with Gasteiger partial charge in [-0.25, -0.2) is 15.0 Å². The summed E-state index contributed by atoms with van der Waals surface area (Å²) in [6, 6.07) is 4.13. The molecule has 0 amide bonds. The maximum absolute atomic E-state index is 9.96. The molecule has 0 radical (unpaired) electrons. The van der Waals surface area contributed by atoms with Crippen molar-refractivity contribution >= 4 is 38.5 Å². The van der Waals surface area contributed by atoms with E-state index in [1.54, 1.807) is 11.3 Å². The van der Waals surface area contributed by atoms with Crippen molar-refractivity contribution in [3.05, 3.63) is 35.5 Å². The third-order valence-corrected chi connectivity index (χ3v) is 8.22. The predicted octanol–water partition coefficient (Wildman–Crippen LogP) is 3.66. The zero-order valence-electron chi connectivity index (χ0n) is 19.4. The quantitative estimate of drug-likeness (QED) is 0.452. The average Bonchev–Trinajstić information content (AvgIpc) is 3.52. The summed E-state index contributed by atoms with van der Waals surface area (Å²) in [5.74, 6) is 1.19. The first-order valence-electron chi connectivity index (χ1n) is 12.1. The highest BCUT2D eigenvalue weighted by Gasteiger charge is 2.25. The summed E-state index contributed by atoms with van der Waals surface area (Å²) in [4.78, 5) is 22.6. The van der Waals surface area contributed by atoms with E-state index in [9.17, 15) is 5.11 Å². The molecule has 1 unspecified atom stereocenters. The fourth-order valence-corrected chi connectivity index (χ4v) is 6.16. The molecule has 2 N–H and O–H groups in total. The first-order chi connectivity index (χ1) is 16.7. The number of H-pyrrole nitrogens is 1. The summed E-state index contributed by atoms with van der Waals surface area (Å²) in [5.41, 5.74) is 5.24. The van der Waals surface area contributed by atoms with Gasteiger partial charge in [0.15, 0.2) is 0 Å². The molecular weight excluding hydrogens is 448 g/mol. The normalized spacial score (nSPS) is 19.3. The number of ether oxygens (including phenoxy) is 1. The number of hydrogen-bond donors (Lipinski definition) is 2. The zero-order valence-corrected chi connectivity index (χ0v) is 20.2. The third-order valence-electron chi connectivity index (χ3n) is 7.19. The van der Waals surface area contributed by atoms with E-state index >= 15 is 0 Å². The molecule has 0 aromatic carbocycles. The summed E-state index contributed by atoms with van der Waals surface area (Å²) in [5, 5.41) is 13.3. The number of aliphatic hydroxyl groups excluding tert-OH is 1. The number of fused-ring (bicyclic) bond motifs is 2. The van der Waals surface area contributed by atoms with E-state index in [1.807, 2.05) is 19.3 Å². The topological polar surface area (TPSA) is 90.4 Å². The lowest BCUT2D eigenvalue weighted by molar-refractivity contribution is 0.0697. The minimum absolute atomic E-state index is 0.221. The number of piperidine rings is 1. The van der Waals surface area contributed by atoms with Crippen molar-refractivity contribution in [1.29, 1.82) is 0 Å². The maximum Gasteiger partial charge on any atom is 0.226 e. The highest BCUT2D eigenvalue weighted by molar-refractivity contribution is 7.17. The van der Waals surface area contributed by atoms with Crippen LogP contribution in [0.15, 0.2) is 29.9 Å². The van der Waals surface area contributed by atoms with Crippen LogP contribution in [-0.2, 0) is 11.3 Å². The number of rotatable bonds is 5. The minimum atomic E-state index is -0.221. The van der Waals surface area contributed by atoms with E-state index in [1.165, 1.54) is 5.56 Å². The molecule has 4 aromatic heterocycles. The number of aromatic amines is 1. The van der Waals surface area contributed by atoms with E-state index in [-0.39, 0.29) is 6.10 Å². The predicted molar refractivity (Wildman–Crippen MR) is 135 cm³/mol. The van der Waals surface area contributed by atoms with Crippen molar-refractivity contribution in [2.75, 3.05) is 44.3 Å². The van der Waals surface area contributed by atoms with E-state index in [0.29, 0.717) is 19.1 Å². The Morgan fingerprint density at radius 1 is 1.18 bits per heavy atom. The molecule has 2 aliphatic heterocycles. The maximum atomic E-state index is 9.96. The van der Waals surface area contributed by atoms with Gasteiger partial charge in [-0.3, -0.25) is 4.90 Å². The van der Waals surface area contributed by atoms with E-state index in [0.717, 1.165) is 84.0 Å². The second-order valence-electron chi connectivity index (χ2n) is 9.36. The number of nitrogens with zero attached hydrogens (tertiary/aromatic N) is 5. The summed E-state index contributed by atoms with van der Waals surface area (Å²) in [6.45, 7) is 7.80. The van der Waals surface area contributed by atoms with Crippen molar-refractivity contribution in [1.82, 2.24) is 24.8 Å². The summed E-state index contributed by atoms with van der Waals surface area (Å²) < 4.78 is 6.70. The Labute approximate surface area is 202 Å². The molecule has 0 saturated carbocycles. The van der Waals surface area contributed by atoms with Crippen LogP contribution in [0.5, 0.6) is 0 Å². The molecule has 2 saturated heterocycles. The van der Waals surface area contributed by atoms with Gasteiger partial charge in [-0.1, -0.05) is 0 Å². The molecular formula is C25H30N6O2S. The van der Waals surface area contributed by atoms with Gasteiger partial charge in [0.25, 0.3) is 0 Å². The van der Waals surface area contributed by atoms with Crippen LogP contribution in [0.3, 0.4) is 0 Å². The Kier molecular flexibility index (Phi) is 5.94. The zero-order chi connectivity index (χ0) is 23.1. The lowest BCUT2D eigenvalue weighted by atomic mass is 9.92. The van der Waals surface area contributed by atoms with Crippen molar-refractivity contribution in [3.8, 4) is 11.3 Å². The van der Waals surface area contributed by atoms with Crippen LogP contribution in [0.4, 0.5) is 5.95 Å². The number of morpholine rings is 1. The Morgan fingerprint density at radius 2 is 2.00 bits per heavy atom. The number of anilines is 1. The fourth-order valence-electron chi connectivity index (χ4n) is 5.16. The number of aromatic nitrogens is 4.